The number of thiol groups is 2. The van der Waals surface area contributed by atoms with Crippen LogP contribution < -0.4 is 0 Å². The van der Waals surface area contributed by atoms with E-state index in [9.17, 15) is 0 Å². The van der Waals surface area contributed by atoms with E-state index in [1.54, 1.807) is 0 Å². The average Bonchev–Trinajstić information content (AvgIpc) is 2.16. The van der Waals surface area contributed by atoms with Crippen LogP contribution in [0.25, 0.3) is 0 Å². The minimum Gasteiger partial charge on any atom is -0.240 e. The SMILES string of the molecule is COOC(C)C(S)C(CC(C)S)OOC. The van der Waals surface area contributed by atoms with E-state index in [4.69, 9.17) is 9.78 Å². The van der Waals surface area contributed by atoms with Gasteiger partial charge in [-0.2, -0.15) is 25.3 Å². The Morgan fingerprint density at radius 3 is 1.93 bits per heavy atom. The van der Waals surface area contributed by atoms with Crippen LogP contribution in [0.5, 0.6) is 0 Å². The summed E-state index contributed by atoms with van der Waals surface area (Å²) in [4.78, 5) is 19.4. The van der Waals surface area contributed by atoms with Crippen LogP contribution >= 0.6 is 25.3 Å². The fraction of sp³-hybridized carbons (Fsp3) is 1.00. The summed E-state index contributed by atoms with van der Waals surface area (Å²) in [5.41, 5.74) is 0. The molecule has 92 valence electrons. The summed E-state index contributed by atoms with van der Waals surface area (Å²) < 4.78 is 0. The predicted molar refractivity (Wildman–Crippen MR) is 65.3 cm³/mol. The van der Waals surface area contributed by atoms with Crippen LogP contribution in [0.3, 0.4) is 0 Å². The Bertz CT molecular complexity index is 157. The number of rotatable bonds is 8. The minimum absolute atomic E-state index is 0.139. The molecule has 15 heavy (non-hydrogen) atoms. The molecule has 0 spiro atoms. The lowest BCUT2D eigenvalue weighted by molar-refractivity contribution is -0.330. The minimum atomic E-state index is -0.189. The van der Waals surface area contributed by atoms with Crippen LogP contribution in [0.4, 0.5) is 0 Å². The van der Waals surface area contributed by atoms with E-state index in [1.165, 1.54) is 14.2 Å². The average molecular weight is 256 g/mol. The predicted octanol–water partition coefficient (Wildman–Crippen LogP) is 1.91. The molecule has 0 saturated heterocycles. The number of hydrogen-bond acceptors (Lipinski definition) is 6. The van der Waals surface area contributed by atoms with Gasteiger partial charge >= 0.3 is 0 Å². The molecule has 4 unspecified atom stereocenters. The Labute approximate surface area is 102 Å². The third-order valence-corrected chi connectivity index (χ3v) is 2.87. The Hall–Kier alpha value is 0.540. The molecule has 0 bridgehead atoms. The lowest BCUT2D eigenvalue weighted by atomic mass is 10.1. The highest BCUT2D eigenvalue weighted by molar-refractivity contribution is 7.81. The van der Waals surface area contributed by atoms with Crippen molar-refractivity contribution in [2.45, 2.75) is 43.0 Å². The van der Waals surface area contributed by atoms with Crippen molar-refractivity contribution in [3.8, 4) is 0 Å². The lowest BCUT2D eigenvalue weighted by Crippen LogP contribution is -2.36. The first kappa shape index (κ1) is 15.5. The Morgan fingerprint density at radius 1 is 1.00 bits per heavy atom. The van der Waals surface area contributed by atoms with Gasteiger partial charge in [0.25, 0.3) is 0 Å². The van der Waals surface area contributed by atoms with Gasteiger partial charge in [-0.05, 0) is 13.3 Å². The molecular weight excluding hydrogens is 236 g/mol. The molecule has 0 amide bonds. The summed E-state index contributed by atoms with van der Waals surface area (Å²) in [6.45, 7) is 3.84. The van der Waals surface area contributed by atoms with Crippen molar-refractivity contribution in [1.82, 2.24) is 0 Å². The van der Waals surface area contributed by atoms with E-state index in [-0.39, 0.29) is 22.7 Å². The first-order valence-electron chi connectivity index (χ1n) is 4.78. The van der Waals surface area contributed by atoms with E-state index in [1.807, 2.05) is 13.8 Å². The quantitative estimate of drug-likeness (QED) is 0.395. The second kappa shape index (κ2) is 8.66. The zero-order chi connectivity index (χ0) is 11.8. The standard InChI is InChI=1S/C9H20O4S2/c1-6(14)5-8(13-11-4)9(15)7(2)12-10-3/h6-9,14-15H,5H2,1-4H3. The highest BCUT2D eigenvalue weighted by Gasteiger charge is 2.27. The second-order valence-electron chi connectivity index (χ2n) is 3.34. The molecule has 0 N–H and O–H groups in total. The molecule has 6 heteroatoms. The van der Waals surface area contributed by atoms with Gasteiger partial charge in [-0.25, -0.2) is 19.6 Å². The van der Waals surface area contributed by atoms with E-state index in [0.717, 1.165) is 6.42 Å². The van der Waals surface area contributed by atoms with Crippen molar-refractivity contribution in [3.63, 3.8) is 0 Å². The Balaban J connectivity index is 4.19. The molecule has 0 aliphatic rings. The summed E-state index contributed by atoms with van der Waals surface area (Å²) in [5.74, 6) is 0. The van der Waals surface area contributed by atoms with E-state index in [2.05, 4.69) is 35.0 Å². The summed E-state index contributed by atoms with van der Waals surface area (Å²) in [5, 5.41) is 0.0639. The summed E-state index contributed by atoms with van der Waals surface area (Å²) in [7, 11) is 2.93. The van der Waals surface area contributed by atoms with Gasteiger partial charge in [0.2, 0.25) is 0 Å². The molecule has 0 saturated carbocycles. The first-order valence-corrected chi connectivity index (χ1v) is 5.81. The van der Waals surface area contributed by atoms with Crippen molar-refractivity contribution >= 4 is 25.3 Å². The van der Waals surface area contributed by atoms with Crippen LogP contribution in [0.15, 0.2) is 0 Å². The van der Waals surface area contributed by atoms with Gasteiger partial charge in [-0.1, -0.05) is 6.92 Å². The van der Waals surface area contributed by atoms with Crippen molar-refractivity contribution in [2.75, 3.05) is 14.2 Å². The summed E-state index contributed by atoms with van der Waals surface area (Å²) in [6, 6.07) is 0. The maximum atomic E-state index is 5.12. The van der Waals surface area contributed by atoms with Crippen molar-refractivity contribution < 1.29 is 19.6 Å². The molecule has 0 radical (unpaired) electrons. The Morgan fingerprint density at radius 2 is 1.53 bits per heavy atom. The summed E-state index contributed by atoms with van der Waals surface area (Å²) in [6.07, 6.45) is 0.351. The van der Waals surface area contributed by atoms with Crippen LogP contribution in [0.1, 0.15) is 20.3 Å². The molecule has 4 nitrogen and oxygen atoms in total. The normalized spacial score (nSPS) is 19.6. The van der Waals surface area contributed by atoms with Crippen molar-refractivity contribution in [3.05, 3.63) is 0 Å². The third-order valence-electron chi connectivity index (χ3n) is 1.90. The van der Waals surface area contributed by atoms with Gasteiger partial charge in [0.15, 0.2) is 0 Å². The van der Waals surface area contributed by atoms with Crippen molar-refractivity contribution in [1.29, 1.82) is 0 Å². The van der Waals surface area contributed by atoms with E-state index < -0.39 is 0 Å². The van der Waals surface area contributed by atoms with Gasteiger partial charge in [-0.15, -0.1) is 0 Å². The van der Waals surface area contributed by atoms with Gasteiger partial charge in [-0.3, -0.25) is 0 Å². The smallest absolute Gasteiger partial charge is 0.108 e. The molecule has 0 aliphatic carbocycles. The highest BCUT2D eigenvalue weighted by Crippen LogP contribution is 2.20. The van der Waals surface area contributed by atoms with Crippen LogP contribution in [0.2, 0.25) is 0 Å². The maximum absolute atomic E-state index is 5.12. The third kappa shape index (κ3) is 6.65. The van der Waals surface area contributed by atoms with Crippen molar-refractivity contribution in [2.24, 2.45) is 0 Å². The second-order valence-corrected chi connectivity index (χ2v) is 4.82. The molecule has 0 aromatic rings. The largest absolute Gasteiger partial charge is 0.240 e. The molecule has 0 aromatic carbocycles. The van der Waals surface area contributed by atoms with Gasteiger partial charge < -0.3 is 0 Å². The molecule has 0 heterocycles. The molecule has 0 fully saturated rings. The van der Waals surface area contributed by atoms with E-state index >= 15 is 0 Å². The highest BCUT2D eigenvalue weighted by atomic mass is 32.1. The molecule has 0 rings (SSSR count). The van der Waals surface area contributed by atoms with Gasteiger partial charge in [0.1, 0.15) is 12.2 Å². The van der Waals surface area contributed by atoms with E-state index in [0.29, 0.717) is 0 Å². The van der Waals surface area contributed by atoms with Crippen LogP contribution in [0, 0.1) is 0 Å². The zero-order valence-corrected chi connectivity index (χ0v) is 11.3. The summed E-state index contributed by atoms with van der Waals surface area (Å²) >= 11 is 8.72. The monoisotopic (exact) mass is 256 g/mol. The topological polar surface area (TPSA) is 36.9 Å². The van der Waals surface area contributed by atoms with Crippen LogP contribution in [-0.4, -0.2) is 36.9 Å². The molecule has 0 aliphatic heterocycles. The van der Waals surface area contributed by atoms with Gasteiger partial charge in [0, 0.05) is 5.25 Å². The molecular formula is C9H20O4S2. The maximum Gasteiger partial charge on any atom is 0.108 e. The zero-order valence-electron chi connectivity index (χ0n) is 9.54. The molecule has 4 atom stereocenters. The van der Waals surface area contributed by atoms with Gasteiger partial charge in [0.05, 0.1) is 19.5 Å². The molecule has 0 aromatic heterocycles. The fourth-order valence-corrected chi connectivity index (χ4v) is 1.64. The number of hydrogen-bond donors (Lipinski definition) is 2. The fourth-order valence-electron chi connectivity index (χ4n) is 1.21. The lowest BCUT2D eigenvalue weighted by Gasteiger charge is -2.26. The van der Waals surface area contributed by atoms with Crippen LogP contribution in [-0.2, 0) is 19.6 Å². The first-order chi connectivity index (χ1) is 7.02. The Kier molecular flexibility index (Phi) is 8.98.